The van der Waals surface area contributed by atoms with Crippen LogP contribution in [0.5, 0.6) is 0 Å². The van der Waals surface area contributed by atoms with Crippen LogP contribution in [-0.4, -0.2) is 7.05 Å². The number of hydrogen-bond donors (Lipinski definition) is 1. The third-order valence-electron chi connectivity index (χ3n) is 2.81. The van der Waals surface area contributed by atoms with E-state index in [1.807, 2.05) is 18.4 Å². The molecular weight excluding hydrogens is 341 g/mol. The van der Waals surface area contributed by atoms with E-state index in [4.69, 9.17) is 0 Å². The molecule has 0 saturated carbocycles. The van der Waals surface area contributed by atoms with Crippen LogP contribution < -0.4 is 5.32 Å². The van der Waals surface area contributed by atoms with Gasteiger partial charge in [0.25, 0.3) is 0 Å². The van der Waals surface area contributed by atoms with Gasteiger partial charge >= 0.3 is 0 Å². The highest BCUT2D eigenvalue weighted by Gasteiger charge is 2.16. The minimum atomic E-state index is 0.309. The van der Waals surface area contributed by atoms with E-state index in [1.165, 1.54) is 24.5 Å². The molecule has 2 aromatic rings. The molecule has 1 atom stereocenters. The van der Waals surface area contributed by atoms with E-state index >= 15 is 0 Å². The van der Waals surface area contributed by atoms with Crippen molar-refractivity contribution in [2.75, 3.05) is 7.05 Å². The Hall–Kier alpha value is -0.390. The molecule has 2 rings (SSSR count). The highest BCUT2D eigenvalue weighted by Crippen LogP contribution is 2.32. The number of rotatable bonds is 3. The SMILES string of the molecule is CNC(c1cccc(I)c1)c1sc(C)cc1C. The molecule has 0 amide bonds. The van der Waals surface area contributed by atoms with E-state index < -0.39 is 0 Å². The van der Waals surface area contributed by atoms with Crippen LogP contribution in [0.3, 0.4) is 0 Å². The second-order valence-corrected chi connectivity index (χ2v) is 6.71. The summed E-state index contributed by atoms with van der Waals surface area (Å²) in [6.45, 7) is 4.36. The molecule has 0 aliphatic carbocycles. The summed E-state index contributed by atoms with van der Waals surface area (Å²) in [5, 5.41) is 3.42. The number of hydrogen-bond acceptors (Lipinski definition) is 2. The lowest BCUT2D eigenvalue weighted by molar-refractivity contribution is 0.700. The van der Waals surface area contributed by atoms with Crippen molar-refractivity contribution in [1.29, 1.82) is 0 Å². The van der Waals surface area contributed by atoms with Gasteiger partial charge in [-0.05, 0) is 72.8 Å². The van der Waals surface area contributed by atoms with E-state index in [0.717, 1.165) is 0 Å². The lowest BCUT2D eigenvalue weighted by atomic mass is 10.0. The average Bonchev–Trinajstić information content (AvgIpc) is 2.59. The molecule has 17 heavy (non-hydrogen) atoms. The second kappa shape index (κ2) is 5.50. The average molecular weight is 357 g/mol. The van der Waals surface area contributed by atoms with Gasteiger partial charge in [0.1, 0.15) is 0 Å². The monoisotopic (exact) mass is 357 g/mol. The molecule has 0 aliphatic rings. The summed E-state index contributed by atoms with van der Waals surface area (Å²) in [7, 11) is 2.03. The van der Waals surface area contributed by atoms with Crippen molar-refractivity contribution in [3.05, 3.63) is 54.8 Å². The predicted molar refractivity (Wildman–Crippen MR) is 83.9 cm³/mol. The Labute approximate surface area is 120 Å². The first-order valence-corrected chi connectivity index (χ1v) is 7.51. The Morgan fingerprint density at radius 1 is 1.24 bits per heavy atom. The third-order valence-corrected chi connectivity index (χ3v) is 4.70. The Morgan fingerprint density at radius 3 is 2.53 bits per heavy atom. The van der Waals surface area contributed by atoms with Gasteiger partial charge in [-0.1, -0.05) is 12.1 Å². The molecule has 0 spiro atoms. The summed E-state index contributed by atoms with van der Waals surface area (Å²) in [6.07, 6.45) is 0. The van der Waals surface area contributed by atoms with Gasteiger partial charge in [0.15, 0.2) is 0 Å². The van der Waals surface area contributed by atoms with Crippen molar-refractivity contribution in [3.63, 3.8) is 0 Å². The molecule has 0 aliphatic heterocycles. The number of nitrogens with one attached hydrogen (secondary N) is 1. The summed E-state index contributed by atoms with van der Waals surface area (Å²) in [4.78, 5) is 2.80. The summed E-state index contributed by atoms with van der Waals surface area (Å²) in [6, 6.07) is 11.3. The molecule has 1 aromatic heterocycles. The minimum absolute atomic E-state index is 0.309. The third kappa shape index (κ3) is 2.89. The molecule has 0 bridgehead atoms. The summed E-state index contributed by atoms with van der Waals surface area (Å²) in [5.41, 5.74) is 2.72. The van der Waals surface area contributed by atoms with Crippen LogP contribution >= 0.6 is 33.9 Å². The molecule has 1 aromatic carbocycles. The number of aryl methyl sites for hydroxylation is 2. The topological polar surface area (TPSA) is 12.0 Å². The van der Waals surface area contributed by atoms with Crippen LogP contribution in [0.1, 0.15) is 26.9 Å². The van der Waals surface area contributed by atoms with E-state index in [9.17, 15) is 0 Å². The maximum absolute atomic E-state index is 3.42. The second-order valence-electron chi connectivity index (χ2n) is 4.18. The molecule has 1 unspecified atom stereocenters. The largest absolute Gasteiger partial charge is 0.309 e. The zero-order valence-electron chi connectivity index (χ0n) is 10.3. The number of thiophene rings is 1. The smallest absolute Gasteiger partial charge is 0.0671 e. The molecule has 1 heterocycles. The van der Waals surface area contributed by atoms with Crippen LogP contribution in [-0.2, 0) is 0 Å². The first-order chi connectivity index (χ1) is 8.11. The van der Waals surface area contributed by atoms with Crippen LogP contribution in [0.2, 0.25) is 0 Å². The van der Waals surface area contributed by atoms with Gasteiger partial charge in [0.05, 0.1) is 6.04 Å². The van der Waals surface area contributed by atoms with Crippen molar-refractivity contribution < 1.29 is 0 Å². The fourth-order valence-electron chi connectivity index (χ4n) is 2.08. The Balaban J connectivity index is 2.43. The lowest BCUT2D eigenvalue weighted by Crippen LogP contribution is -2.17. The molecule has 3 heteroatoms. The van der Waals surface area contributed by atoms with E-state index in [2.05, 4.69) is 72.1 Å². The lowest BCUT2D eigenvalue weighted by Gasteiger charge is -2.16. The van der Waals surface area contributed by atoms with Gasteiger partial charge in [-0.15, -0.1) is 11.3 Å². The van der Waals surface area contributed by atoms with Crippen LogP contribution in [0.25, 0.3) is 0 Å². The maximum Gasteiger partial charge on any atom is 0.0671 e. The van der Waals surface area contributed by atoms with Crippen molar-refractivity contribution in [3.8, 4) is 0 Å². The Morgan fingerprint density at radius 2 is 2.00 bits per heavy atom. The van der Waals surface area contributed by atoms with Gasteiger partial charge < -0.3 is 5.32 Å². The Kier molecular flexibility index (Phi) is 4.22. The minimum Gasteiger partial charge on any atom is -0.309 e. The van der Waals surface area contributed by atoms with Gasteiger partial charge in [0, 0.05) is 13.3 Å². The highest BCUT2D eigenvalue weighted by molar-refractivity contribution is 14.1. The van der Waals surface area contributed by atoms with Gasteiger partial charge in [-0.3, -0.25) is 0 Å². The molecular formula is C14H16INS. The van der Waals surface area contributed by atoms with Crippen molar-refractivity contribution >= 4 is 33.9 Å². The molecule has 1 N–H and O–H groups in total. The van der Waals surface area contributed by atoms with Crippen LogP contribution in [0.15, 0.2) is 30.3 Å². The van der Waals surface area contributed by atoms with Gasteiger partial charge in [-0.2, -0.15) is 0 Å². The molecule has 90 valence electrons. The molecule has 0 fully saturated rings. The predicted octanol–water partition coefficient (Wildman–Crippen LogP) is 4.28. The molecule has 0 radical (unpaired) electrons. The summed E-state index contributed by atoms with van der Waals surface area (Å²) < 4.78 is 1.28. The Bertz CT molecular complexity index is 519. The maximum atomic E-state index is 3.42. The van der Waals surface area contributed by atoms with Crippen molar-refractivity contribution in [2.45, 2.75) is 19.9 Å². The number of halogens is 1. The van der Waals surface area contributed by atoms with Gasteiger partial charge in [0.2, 0.25) is 0 Å². The van der Waals surface area contributed by atoms with E-state index in [-0.39, 0.29) is 0 Å². The summed E-state index contributed by atoms with van der Waals surface area (Å²) >= 11 is 4.25. The summed E-state index contributed by atoms with van der Waals surface area (Å²) in [5.74, 6) is 0. The van der Waals surface area contributed by atoms with Crippen LogP contribution in [0.4, 0.5) is 0 Å². The fourth-order valence-corrected chi connectivity index (χ4v) is 3.82. The molecule has 1 nitrogen and oxygen atoms in total. The first-order valence-electron chi connectivity index (χ1n) is 5.61. The van der Waals surface area contributed by atoms with Gasteiger partial charge in [-0.25, -0.2) is 0 Å². The quantitative estimate of drug-likeness (QED) is 0.809. The standard InChI is InChI=1S/C14H16INS/c1-9-7-10(2)17-14(9)13(16-3)11-5-4-6-12(15)8-11/h4-8,13,16H,1-3H3. The molecule has 0 saturated heterocycles. The van der Waals surface area contributed by atoms with Crippen molar-refractivity contribution in [1.82, 2.24) is 5.32 Å². The first kappa shape index (κ1) is 13.1. The highest BCUT2D eigenvalue weighted by atomic mass is 127. The zero-order chi connectivity index (χ0) is 12.4. The van der Waals surface area contributed by atoms with E-state index in [1.54, 1.807) is 0 Å². The normalized spacial score (nSPS) is 12.7. The number of benzene rings is 1. The van der Waals surface area contributed by atoms with E-state index in [0.29, 0.717) is 6.04 Å². The zero-order valence-corrected chi connectivity index (χ0v) is 13.2. The fraction of sp³-hybridized carbons (Fsp3) is 0.286. The van der Waals surface area contributed by atoms with Crippen molar-refractivity contribution in [2.24, 2.45) is 0 Å². The van der Waals surface area contributed by atoms with Crippen LogP contribution in [0, 0.1) is 17.4 Å².